The zero-order valence-electron chi connectivity index (χ0n) is 15.2. The Morgan fingerprint density at radius 1 is 1.23 bits per heavy atom. The second-order valence-corrected chi connectivity index (χ2v) is 7.64. The van der Waals surface area contributed by atoms with Gasteiger partial charge in [0, 0.05) is 6.42 Å². The Morgan fingerprint density at radius 3 is 2.53 bits per heavy atom. The van der Waals surface area contributed by atoms with Gasteiger partial charge in [0.1, 0.15) is 11.5 Å². The molecule has 30 heavy (non-hydrogen) atoms. The van der Waals surface area contributed by atoms with Crippen LogP contribution in [-0.4, -0.2) is 49.3 Å². The van der Waals surface area contributed by atoms with Crippen LogP contribution in [0.3, 0.4) is 0 Å². The van der Waals surface area contributed by atoms with Gasteiger partial charge in [-0.25, -0.2) is 13.2 Å². The third-order valence-corrected chi connectivity index (χ3v) is 4.86. The molecule has 0 N–H and O–H groups in total. The van der Waals surface area contributed by atoms with Crippen molar-refractivity contribution in [2.75, 3.05) is 13.2 Å². The summed E-state index contributed by atoms with van der Waals surface area (Å²) in [4.78, 5) is 23.1. The lowest BCUT2D eigenvalue weighted by Crippen LogP contribution is -2.47. The Balaban J connectivity index is 1.84. The number of ether oxygens (including phenoxy) is 3. The summed E-state index contributed by atoms with van der Waals surface area (Å²) >= 11 is 0. The van der Waals surface area contributed by atoms with Crippen molar-refractivity contribution in [2.24, 2.45) is 0 Å². The van der Waals surface area contributed by atoms with Crippen molar-refractivity contribution < 1.29 is 54.3 Å². The number of esters is 2. The fraction of sp³-hybridized carbons (Fsp3) is 0.412. The van der Waals surface area contributed by atoms with E-state index in [0.29, 0.717) is 17.7 Å². The normalized spacial score (nSPS) is 14.6. The molecule has 0 unspecified atom stereocenters. The summed E-state index contributed by atoms with van der Waals surface area (Å²) in [5, 5.41) is -5.81. The minimum Gasteiger partial charge on any atom is -0.743 e. The molecular weight excluding hydrogens is 440 g/mol. The highest BCUT2D eigenvalue weighted by molar-refractivity contribution is 7.86. The number of fused-ring (bicyclic) bond motifs is 1. The van der Waals surface area contributed by atoms with Gasteiger partial charge in [0.2, 0.25) is 0 Å². The van der Waals surface area contributed by atoms with Crippen LogP contribution in [0.25, 0.3) is 0 Å². The highest BCUT2D eigenvalue weighted by atomic mass is 32.2. The van der Waals surface area contributed by atoms with Crippen molar-refractivity contribution in [1.29, 1.82) is 0 Å². The van der Waals surface area contributed by atoms with Gasteiger partial charge in [-0.05, 0) is 30.2 Å². The van der Waals surface area contributed by atoms with Crippen LogP contribution in [0, 0.1) is 0 Å². The Labute approximate surface area is 168 Å². The third kappa shape index (κ3) is 5.34. The van der Waals surface area contributed by atoms with Crippen molar-refractivity contribution in [3.8, 4) is 11.5 Å². The second-order valence-electron chi connectivity index (χ2n) is 6.21. The van der Waals surface area contributed by atoms with E-state index in [0.717, 1.165) is 0 Å². The van der Waals surface area contributed by atoms with E-state index in [2.05, 4.69) is 11.3 Å². The molecule has 0 bridgehead atoms. The molecule has 0 spiro atoms. The van der Waals surface area contributed by atoms with Gasteiger partial charge in [0.05, 0.1) is 25.2 Å². The average Bonchev–Trinajstić information content (AvgIpc) is 2.64. The smallest absolute Gasteiger partial charge is 0.396 e. The summed E-state index contributed by atoms with van der Waals surface area (Å²) in [7, 11) is -6.58. The first kappa shape index (κ1) is 23.8. The van der Waals surface area contributed by atoms with Gasteiger partial charge in [-0.2, -0.15) is 17.6 Å². The molecule has 1 aromatic rings. The van der Waals surface area contributed by atoms with E-state index >= 15 is 0 Å². The lowest BCUT2D eigenvalue weighted by Gasteiger charge is -2.28. The van der Waals surface area contributed by atoms with Gasteiger partial charge in [-0.3, -0.25) is 4.79 Å². The fourth-order valence-corrected chi connectivity index (χ4v) is 2.75. The molecule has 0 aromatic heterocycles. The van der Waals surface area contributed by atoms with Crippen LogP contribution >= 0.6 is 0 Å². The quantitative estimate of drug-likeness (QED) is 0.139. The van der Waals surface area contributed by atoms with E-state index in [9.17, 15) is 40.1 Å². The molecule has 1 aliphatic heterocycles. The summed E-state index contributed by atoms with van der Waals surface area (Å²) in [5.41, 5.74) is 0.281. The van der Waals surface area contributed by atoms with Crippen molar-refractivity contribution >= 4 is 22.1 Å². The van der Waals surface area contributed by atoms with E-state index in [1.165, 1.54) is 18.2 Å². The summed E-state index contributed by atoms with van der Waals surface area (Å²) in [5.74, 6) is -6.14. The van der Waals surface area contributed by atoms with E-state index in [4.69, 9.17) is 9.47 Å². The van der Waals surface area contributed by atoms with Crippen LogP contribution in [0.1, 0.15) is 18.4 Å². The molecule has 0 aliphatic carbocycles. The van der Waals surface area contributed by atoms with Gasteiger partial charge >= 0.3 is 23.1 Å². The summed E-state index contributed by atoms with van der Waals surface area (Å²) in [6, 6.07) is 4.22. The van der Waals surface area contributed by atoms with Crippen LogP contribution in [-0.2, 0) is 30.9 Å². The maximum atomic E-state index is 13.3. The zero-order valence-corrected chi connectivity index (χ0v) is 16.0. The molecule has 0 amide bonds. The van der Waals surface area contributed by atoms with Gasteiger partial charge in [-0.1, -0.05) is 6.58 Å². The lowest BCUT2D eigenvalue weighted by molar-refractivity contribution is -0.170. The minimum atomic E-state index is -6.58. The molecule has 1 heterocycles. The SMILES string of the molecule is C=C(COCCC(F)(F)C(F)(F)S(=O)(=O)[O-])C(=O)Oc1ccc2c(c1)CCC(=O)O2. The molecule has 1 aliphatic rings. The average molecular weight is 455 g/mol. The van der Waals surface area contributed by atoms with E-state index in [1.54, 1.807) is 0 Å². The molecule has 2 rings (SSSR count). The Morgan fingerprint density at radius 2 is 1.90 bits per heavy atom. The molecule has 0 saturated heterocycles. The number of aryl methyl sites for hydroxylation is 1. The van der Waals surface area contributed by atoms with Gasteiger partial charge in [0.25, 0.3) is 0 Å². The molecule has 13 heteroatoms. The van der Waals surface area contributed by atoms with Crippen molar-refractivity contribution in [3.05, 3.63) is 35.9 Å². The van der Waals surface area contributed by atoms with Gasteiger partial charge < -0.3 is 18.8 Å². The number of carbonyl (C=O) groups is 2. The first-order valence-corrected chi connectivity index (χ1v) is 9.68. The molecule has 0 saturated carbocycles. The summed E-state index contributed by atoms with van der Waals surface area (Å²) < 4.78 is 98.0. The highest BCUT2D eigenvalue weighted by Crippen LogP contribution is 2.40. The van der Waals surface area contributed by atoms with Crippen LogP contribution in [0.4, 0.5) is 17.6 Å². The number of carbonyl (C=O) groups excluding carboxylic acids is 2. The summed E-state index contributed by atoms with van der Waals surface area (Å²) in [6.45, 7) is 1.56. The Kier molecular flexibility index (Phi) is 6.89. The van der Waals surface area contributed by atoms with Crippen LogP contribution < -0.4 is 9.47 Å². The van der Waals surface area contributed by atoms with E-state index in [1.807, 2.05) is 0 Å². The van der Waals surface area contributed by atoms with Gasteiger partial charge in [0.15, 0.2) is 10.1 Å². The van der Waals surface area contributed by atoms with Crippen molar-refractivity contribution in [1.82, 2.24) is 0 Å². The van der Waals surface area contributed by atoms with E-state index < -0.39 is 52.9 Å². The molecular formula is C17H15F4O8S-. The maximum absolute atomic E-state index is 13.3. The minimum absolute atomic E-state index is 0.0877. The standard InChI is InChI=1S/C17H16F4O8S/c1-10(9-27-7-6-16(18,19)17(20,21)30(24,25)26)15(23)28-12-3-4-13-11(8-12)2-5-14(22)29-13/h3-4,8H,1-2,5-7,9H2,(H,24,25,26)/p-1. The Bertz CT molecular complexity index is 959. The predicted molar refractivity (Wildman–Crippen MR) is 90.2 cm³/mol. The summed E-state index contributed by atoms with van der Waals surface area (Å²) in [6.07, 6.45) is -1.25. The predicted octanol–water partition coefficient (Wildman–Crippen LogP) is 2.18. The van der Waals surface area contributed by atoms with Gasteiger partial charge in [-0.15, -0.1) is 0 Å². The lowest BCUT2D eigenvalue weighted by atomic mass is 10.1. The topological polar surface area (TPSA) is 119 Å². The number of hydrogen-bond acceptors (Lipinski definition) is 8. The molecule has 1 aromatic carbocycles. The number of halogens is 4. The van der Waals surface area contributed by atoms with Crippen molar-refractivity contribution in [3.63, 3.8) is 0 Å². The number of hydrogen-bond donors (Lipinski definition) is 0. The first-order valence-electron chi connectivity index (χ1n) is 8.27. The molecule has 0 fully saturated rings. The van der Waals surface area contributed by atoms with Crippen LogP contribution in [0.15, 0.2) is 30.4 Å². The molecule has 166 valence electrons. The zero-order chi connectivity index (χ0) is 22.7. The Hall–Kier alpha value is -2.51. The van der Waals surface area contributed by atoms with Crippen LogP contribution in [0.5, 0.6) is 11.5 Å². The monoisotopic (exact) mass is 455 g/mol. The van der Waals surface area contributed by atoms with Crippen LogP contribution in [0.2, 0.25) is 0 Å². The molecule has 0 radical (unpaired) electrons. The first-order chi connectivity index (χ1) is 13.7. The molecule has 8 nitrogen and oxygen atoms in total. The second kappa shape index (κ2) is 8.70. The number of alkyl halides is 4. The highest BCUT2D eigenvalue weighted by Gasteiger charge is 2.61. The molecule has 0 atom stereocenters. The number of rotatable bonds is 9. The number of benzene rings is 1. The fourth-order valence-electron chi connectivity index (χ4n) is 2.29. The largest absolute Gasteiger partial charge is 0.743 e. The van der Waals surface area contributed by atoms with E-state index in [-0.39, 0.29) is 17.7 Å². The van der Waals surface area contributed by atoms with Crippen molar-refractivity contribution in [2.45, 2.75) is 30.4 Å². The third-order valence-electron chi connectivity index (χ3n) is 3.93. The maximum Gasteiger partial charge on any atom is 0.396 e.